The first-order valence-corrected chi connectivity index (χ1v) is 13.4. The van der Waals surface area contributed by atoms with Gasteiger partial charge in [-0.2, -0.15) is 0 Å². The van der Waals surface area contributed by atoms with E-state index in [9.17, 15) is 14.7 Å². The Morgan fingerprint density at radius 2 is 1.59 bits per heavy atom. The maximum atomic E-state index is 13.3. The molecular weight excluding hydrogens is 402 g/mol. The summed E-state index contributed by atoms with van der Waals surface area (Å²) >= 11 is 0. The van der Waals surface area contributed by atoms with Crippen LogP contribution in [0.3, 0.4) is 0 Å². The molecule has 7 aliphatic rings. The number of aliphatic hydroxyl groups is 1. The number of nitrogens with zero attached hydrogens (tertiary/aromatic N) is 1. The van der Waals surface area contributed by atoms with Crippen LogP contribution >= 0.6 is 0 Å². The number of nitrogens with one attached hydrogen (secondary N) is 2. The van der Waals surface area contributed by atoms with Gasteiger partial charge in [-0.3, -0.25) is 14.5 Å². The standard InChI is InChI=1S/C26H41N3O3/c30-16-25(5-1-2-6-25)28-23(31)15-29-21-3-4-22(29)11-19(10-21)14-27-24(32)26-12-17-7-18(13-26)9-20(26)8-17/h17-22,30H,1-16H2,(H,27,32)(H,28,31)/t17?,18?,19?,20?,21-,22+,26?. The monoisotopic (exact) mass is 443 g/mol. The molecule has 5 atom stereocenters. The van der Waals surface area contributed by atoms with E-state index >= 15 is 0 Å². The highest BCUT2D eigenvalue weighted by Crippen LogP contribution is 2.65. The molecule has 3 N–H and O–H groups in total. The van der Waals surface area contributed by atoms with Crippen LogP contribution in [-0.4, -0.2) is 59.1 Å². The molecule has 2 heterocycles. The number of fused-ring (bicyclic) bond motifs is 2. The number of amides is 2. The lowest BCUT2D eigenvalue weighted by Crippen LogP contribution is -2.55. The number of carbonyl (C=O) groups excluding carboxylic acids is 2. The Labute approximate surface area is 192 Å². The van der Waals surface area contributed by atoms with Crippen molar-refractivity contribution in [3.63, 3.8) is 0 Å². The van der Waals surface area contributed by atoms with E-state index in [0.29, 0.717) is 36.4 Å². The van der Waals surface area contributed by atoms with Crippen molar-refractivity contribution in [3.8, 4) is 0 Å². The lowest BCUT2D eigenvalue weighted by Gasteiger charge is -2.40. The quantitative estimate of drug-likeness (QED) is 0.565. The Kier molecular flexibility index (Phi) is 5.33. The first-order valence-electron chi connectivity index (χ1n) is 13.4. The van der Waals surface area contributed by atoms with E-state index < -0.39 is 0 Å². The van der Waals surface area contributed by atoms with Crippen LogP contribution in [0.1, 0.15) is 83.5 Å². The minimum Gasteiger partial charge on any atom is -0.394 e. The maximum Gasteiger partial charge on any atom is 0.234 e. The maximum absolute atomic E-state index is 13.3. The molecule has 0 aromatic heterocycles. The highest BCUT2D eigenvalue weighted by Gasteiger charge is 2.61. The molecule has 7 rings (SSSR count). The van der Waals surface area contributed by atoms with Gasteiger partial charge in [0.2, 0.25) is 11.8 Å². The Morgan fingerprint density at radius 1 is 0.938 bits per heavy atom. The average molecular weight is 444 g/mol. The van der Waals surface area contributed by atoms with Gasteiger partial charge in [0.25, 0.3) is 0 Å². The fraction of sp³-hybridized carbons (Fsp3) is 0.923. The molecule has 0 spiro atoms. The van der Waals surface area contributed by atoms with Gasteiger partial charge in [-0.25, -0.2) is 0 Å². The van der Waals surface area contributed by atoms with E-state index in [-0.39, 0.29) is 23.5 Å². The third kappa shape index (κ3) is 3.51. The van der Waals surface area contributed by atoms with Crippen LogP contribution < -0.4 is 10.6 Å². The second-order valence-electron chi connectivity index (χ2n) is 12.5. The van der Waals surface area contributed by atoms with E-state index in [1.165, 1.54) is 32.1 Å². The molecular formula is C26H41N3O3. The van der Waals surface area contributed by atoms with E-state index in [1.807, 2.05) is 0 Å². The van der Waals surface area contributed by atoms with Crippen molar-refractivity contribution < 1.29 is 14.7 Å². The second-order valence-corrected chi connectivity index (χ2v) is 12.5. The van der Waals surface area contributed by atoms with Crippen LogP contribution in [0.5, 0.6) is 0 Å². The lowest BCUT2D eigenvalue weighted by atomic mass is 9.75. The molecule has 6 nitrogen and oxygen atoms in total. The summed E-state index contributed by atoms with van der Waals surface area (Å²) in [6, 6.07) is 0.929. The Bertz CT molecular complexity index is 735. The van der Waals surface area contributed by atoms with Crippen LogP contribution in [0.25, 0.3) is 0 Å². The Hall–Kier alpha value is -1.14. The fourth-order valence-electron chi connectivity index (χ4n) is 9.27. The van der Waals surface area contributed by atoms with Crippen LogP contribution in [0.4, 0.5) is 0 Å². The van der Waals surface area contributed by atoms with Gasteiger partial charge in [0.05, 0.1) is 24.1 Å². The molecule has 0 aromatic rings. The van der Waals surface area contributed by atoms with Crippen molar-refractivity contribution in [1.82, 2.24) is 15.5 Å². The van der Waals surface area contributed by atoms with Gasteiger partial charge in [-0.15, -0.1) is 0 Å². The third-order valence-corrected chi connectivity index (χ3v) is 10.6. The predicted molar refractivity (Wildman–Crippen MR) is 122 cm³/mol. The van der Waals surface area contributed by atoms with Gasteiger partial charge >= 0.3 is 0 Å². The fourth-order valence-corrected chi connectivity index (χ4v) is 9.27. The summed E-state index contributed by atoms with van der Waals surface area (Å²) in [7, 11) is 0. The molecule has 0 aromatic carbocycles. The summed E-state index contributed by atoms with van der Waals surface area (Å²) in [5.41, 5.74) is -0.397. The summed E-state index contributed by atoms with van der Waals surface area (Å²) in [4.78, 5) is 28.5. The van der Waals surface area contributed by atoms with Crippen LogP contribution in [-0.2, 0) is 9.59 Å². The molecule has 6 bridgehead atoms. The topological polar surface area (TPSA) is 81.7 Å². The van der Waals surface area contributed by atoms with Crippen molar-refractivity contribution in [1.29, 1.82) is 0 Å². The van der Waals surface area contributed by atoms with Crippen molar-refractivity contribution in [2.24, 2.45) is 29.1 Å². The lowest BCUT2D eigenvalue weighted by molar-refractivity contribution is -0.133. The van der Waals surface area contributed by atoms with Crippen molar-refractivity contribution in [2.75, 3.05) is 19.7 Å². The number of hydrogen-bond acceptors (Lipinski definition) is 4. The number of rotatable bonds is 7. The average Bonchev–Trinajstić information content (AvgIpc) is 3.46. The zero-order valence-corrected chi connectivity index (χ0v) is 19.5. The van der Waals surface area contributed by atoms with Crippen molar-refractivity contribution >= 4 is 11.8 Å². The number of carbonyl (C=O) groups is 2. The molecule has 5 saturated carbocycles. The van der Waals surface area contributed by atoms with Crippen molar-refractivity contribution in [3.05, 3.63) is 0 Å². The van der Waals surface area contributed by atoms with Gasteiger partial charge in [0.1, 0.15) is 0 Å². The van der Waals surface area contributed by atoms with Crippen molar-refractivity contribution in [2.45, 2.75) is 101 Å². The summed E-state index contributed by atoms with van der Waals surface area (Å²) in [6.07, 6.45) is 14.8. The smallest absolute Gasteiger partial charge is 0.234 e. The third-order valence-electron chi connectivity index (χ3n) is 10.6. The molecule has 32 heavy (non-hydrogen) atoms. The highest BCUT2D eigenvalue weighted by molar-refractivity contribution is 5.84. The first-order chi connectivity index (χ1) is 15.5. The van der Waals surface area contributed by atoms with Gasteiger partial charge in [-0.05, 0) is 94.3 Å². The van der Waals surface area contributed by atoms with E-state index in [4.69, 9.17) is 0 Å². The van der Waals surface area contributed by atoms with Gasteiger partial charge in [0, 0.05) is 18.6 Å². The zero-order chi connectivity index (χ0) is 21.9. The van der Waals surface area contributed by atoms with E-state index in [2.05, 4.69) is 15.5 Å². The molecule has 6 heteroatoms. The molecule has 2 amide bonds. The first kappa shape index (κ1) is 21.4. The number of piperidine rings is 1. The second kappa shape index (κ2) is 7.97. The summed E-state index contributed by atoms with van der Waals surface area (Å²) < 4.78 is 0. The predicted octanol–water partition coefficient (Wildman–Crippen LogP) is 2.59. The molecule has 7 fully saturated rings. The highest BCUT2D eigenvalue weighted by atomic mass is 16.3. The summed E-state index contributed by atoms with van der Waals surface area (Å²) in [5.74, 6) is 3.28. The minimum atomic E-state index is -0.378. The van der Waals surface area contributed by atoms with E-state index in [0.717, 1.165) is 69.7 Å². The largest absolute Gasteiger partial charge is 0.394 e. The summed E-state index contributed by atoms with van der Waals surface area (Å²) in [5, 5.41) is 16.4. The number of hydrogen-bond donors (Lipinski definition) is 3. The van der Waals surface area contributed by atoms with Gasteiger partial charge in [0.15, 0.2) is 0 Å². The zero-order valence-electron chi connectivity index (χ0n) is 19.5. The Morgan fingerprint density at radius 3 is 2.22 bits per heavy atom. The molecule has 2 saturated heterocycles. The van der Waals surface area contributed by atoms with Crippen LogP contribution in [0, 0.1) is 29.1 Å². The normalized spacial score (nSPS) is 43.7. The van der Waals surface area contributed by atoms with Crippen LogP contribution in [0.2, 0.25) is 0 Å². The van der Waals surface area contributed by atoms with Gasteiger partial charge in [-0.1, -0.05) is 12.8 Å². The van der Waals surface area contributed by atoms with E-state index in [1.54, 1.807) is 0 Å². The molecule has 178 valence electrons. The van der Waals surface area contributed by atoms with Crippen LogP contribution in [0.15, 0.2) is 0 Å². The SMILES string of the molecule is O=C(CN1[C@@H]2CC[C@H]1CC(CNC(=O)C13CC4CC(CC1C4)C3)C2)NC1(CO)CCCC1. The van der Waals surface area contributed by atoms with Gasteiger partial charge < -0.3 is 15.7 Å². The molecule has 5 aliphatic carbocycles. The molecule has 2 aliphatic heterocycles. The molecule has 3 unspecified atom stereocenters. The molecule has 0 radical (unpaired) electrons. The number of aliphatic hydroxyl groups excluding tert-OH is 1. The summed E-state index contributed by atoms with van der Waals surface area (Å²) in [6.45, 7) is 1.34. The minimum absolute atomic E-state index is 0.0196. The Balaban J connectivity index is 1.01.